The van der Waals surface area contributed by atoms with E-state index in [0.717, 1.165) is 12.8 Å². The second-order valence-electron chi connectivity index (χ2n) is 10.2. The molecule has 2 N–H and O–H groups in total. The Morgan fingerprint density at radius 3 is 0.932 bits per heavy atom. The zero-order valence-corrected chi connectivity index (χ0v) is 25.5. The van der Waals surface area contributed by atoms with E-state index in [1.54, 1.807) is 13.8 Å². The topological polar surface area (TPSA) is 122 Å². The van der Waals surface area contributed by atoms with Crippen molar-refractivity contribution in [3.05, 3.63) is 144 Å². The molecular formula is C38H42N2O4. The molecule has 0 aliphatic rings. The van der Waals surface area contributed by atoms with Crippen molar-refractivity contribution in [2.45, 2.75) is 52.4 Å². The molecule has 0 spiro atoms. The normalized spacial score (nSPS) is 10.7. The SMILES string of the molecule is CC(C#N)CCC(=O)O.CC(C#N)CCC(=O)O.c1ccc(Cc2ccccc2)cc1.c1ccc(Cc2ccccc2)cc1. The Labute approximate surface area is 261 Å². The third-order valence-corrected chi connectivity index (χ3v) is 6.21. The molecule has 0 bridgehead atoms. The van der Waals surface area contributed by atoms with Gasteiger partial charge in [-0.05, 0) is 61.8 Å². The van der Waals surface area contributed by atoms with Crippen molar-refractivity contribution in [3.8, 4) is 12.1 Å². The second-order valence-corrected chi connectivity index (χ2v) is 10.2. The quantitative estimate of drug-likeness (QED) is 0.191. The van der Waals surface area contributed by atoms with E-state index in [-0.39, 0.29) is 24.7 Å². The summed E-state index contributed by atoms with van der Waals surface area (Å²) in [7, 11) is 0. The maximum Gasteiger partial charge on any atom is 0.303 e. The third-order valence-electron chi connectivity index (χ3n) is 6.21. The highest BCUT2D eigenvalue weighted by atomic mass is 16.4. The predicted octanol–water partition coefficient (Wildman–Crippen LogP) is 8.58. The number of carboxylic acid groups (broad SMARTS) is 2. The molecule has 0 amide bonds. The van der Waals surface area contributed by atoms with Crippen LogP contribution in [0.25, 0.3) is 0 Å². The first-order valence-corrected chi connectivity index (χ1v) is 14.6. The average molecular weight is 591 g/mol. The minimum absolute atomic E-state index is 0.0920. The van der Waals surface area contributed by atoms with Crippen LogP contribution < -0.4 is 0 Å². The minimum Gasteiger partial charge on any atom is -0.481 e. The Bertz CT molecular complexity index is 1210. The van der Waals surface area contributed by atoms with Crippen LogP contribution in [-0.4, -0.2) is 22.2 Å². The summed E-state index contributed by atoms with van der Waals surface area (Å²) in [5, 5.41) is 32.7. The summed E-state index contributed by atoms with van der Waals surface area (Å²) in [4.78, 5) is 19.8. The van der Waals surface area contributed by atoms with Crippen molar-refractivity contribution < 1.29 is 19.8 Å². The first kappa shape index (κ1) is 36.8. The van der Waals surface area contributed by atoms with Crippen LogP contribution in [0.4, 0.5) is 0 Å². The summed E-state index contributed by atoms with van der Waals surface area (Å²) in [5.74, 6) is -1.95. The summed E-state index contributed by atoms with van der Waals surface area (Å²) < 4.78 is 0. The summed E-state index contributed by atoms with van der Waals surface area (Å²) in [6.07, 6.45) is 3.14. The number of benzene rings is 4. The van der Waals surface area contributed by atoms with Crippen molar-refractivity contribution in [1.82, 2.24) is 0 Å². The van der Waals surface area contributed by atoms with Gasteiger partial charge in [-0.15, -0.1) is 0 Å². The van der Waals surface area contributed by atoms with Gasteiger partial charge in [0.15, 0.2) is 0 Å². The van der Waals surface area contributed by atoms with Gasteiger partial charge >= 0.3 is 11.9 Å². The van der Waals surface area contributed by atoms with Gasteiger partial charge in [-0.2, -0.15) is 10.5 Å². The van der Waals surface area contributed by atoms with E-state index in [0.29, 0.717) is 12.8 Å². The molecule has 4 aromatic rings. The number of hydrogen-bond donors (Lipinski definition) is 2. The van der Waals surface area contributed by atoms with Crippen LogP contribution in [0.1, 0.15) is 61.8 Å². The number of nitriles is 2. The van der Waals surface area contributed by atoms with Crippen LogP contribution >= 0.6 is 0 Å². The van der Waals surface area contributed by atoms with Gasteiger partial charge in [-0.25, -0.2) is 0 Å². The lowest BCUT2D eigenvalue weighted by atomic mass is 10.1. The molecule has 0 aromatic heterocycles. The largest absolute Gasteiger partial charge is 0.481 e. The van der Waals surface area contributed by atoms with E-state index in [1.165, 1.54) is 22.3 Å². The zero-order valence-electron chi connectivity index (χ0n) is 25.5. The fourth-order valence-corrected chi connectivity index (χ4v) is 3.66. The molecular weight excluding hydrogens is 548 g/mol. The Morgan fingerprint density at radius 2 is 0.750 bits per heavy atom. The number of nitrogens with zero attached hydrogens (tertiary/aromatic N) is 2. The molecule has 0 heterocycles. The summed E-state index contributed by atoms with van der Waals surface area (Å²) in [6, 6.07) is 46.0. The molecule has 4 rings (SSSR count). The highest BCUT2D eigenvalue weighted by Crippen LogP contribution is 2.09. The second kappa shape index (κ2) is 23.4. The molecule has 0 saturated carbocycles. The third kappa shape index (κ3) is 19.8. The minimum atomic E-state index is -0.836. The molecule has 6 heteroatoms. The number of carboxylic acids is 2. The highest BCUT2D eigenvalue weighted by molar-refractivity contribution is 5.66. The number of hydrogen-bond acceptors (Lipinski definition) is 4. The van der Waals surface area contributed by atoms with E-state index >= 15 is 0 Å². The first-order valence-electron chi connectivity index (χ1n) is 14.6. The van der Waals surface area contributed by atoms with Crippen molar-refractivity contribution in [2.75, 3.05) is 0 Å². The molecule has 2 atom stereocenters. The molecule has 2 unspecified atom stereocenters. The fraction of sp³-hybridized carbons (Fsp3) is 0.263. The van der Waals surface area contributed by atoms with Crippen LogP contribution in [0.5, 0.6) is 0 Å². The maximum atomic E-state index is 9.91. The van der Waals surface area contributed by atoms with Crippen molar-refractivity contribution in [2.24, 2.45) is 11.8 Å². The van der Waals surface area contributed by atoms with Gasteiger partial charge in [-0.1, -0.05) is 121 Å². The Morgan fingerprint density at radius 1 is 0.523 bits per heavy atom. The number of carbonyl (C=O) groups is 2. The predicted molar refractivity (Wildman–Crippen MR) is 175 cm³/mol. The van der Waals surface area contributed by atoms with E-state index in [1.807, 2.05) is 12.1 Å². The summed E-state index contributed by atoms with van der Waals surface area (Å²) in [6.45, 7) is 3.42. The summed E-state index contributed by atoms with van der Waals surface area (Å²) in [5.41, 5.74) is 5.48. The van der Waals surface area contributed by atoms with Crippen molar-refractivity contribution in [1.29, 1.82) is 10.5 Å². The monoisotopic (exact) mass is 590 g/mol. The van der Waals surface area contributed by atoms with Gasteiger partial charge in [0.2, 0.25) is 0 Å². The molecule has 6 nitrogen and oxygen atoms in total. The molecule has 44 heavy (non-hydrogen) atoms. The molecule has 0 fully saturated rings. The molecule has 0 aliphatic heterocycles. The summed E-state index contributed by atoms with van der Waals surface area (Å²) >= 11 is 0. The van der Waals surface area contributed by atoms with Gasteiger partial charge in [0.1, 0.15) is 0 Å². The lowest BCUT2D eigenvalue weighted by Gasteiger charge is -2.00. The van der Waals surface area contributed by atoms with E-state index in [2.05, 4.69) is 121 Å². The van der Waals surface area contributed by atoms with Gasteiger partial charge in [-0.3, -0.25) is 9.59 Å². The number of aliphatic carboxylic acids is 2. The van der Waals surface area contributed by atoms with Crippen LogP contribution in [0.2, 0.25) is 0 Å². The van der Waals surface area contributed by atoms with E-state index in [9.17, 15) is 9.59 Å². The number of rotatable bonds is 10. The van der Waals surface area contributed by atoms with Crippen LogP contribution in [0.3, 0.4) is 0 Å². The molecule has 4 aromatic carbocycles. The van der Waals surface area contributed by atoms with Gasteiger partial charge in [0, 0.05) is 24.7 Å². The van der Waals surface area contributed by atoms with Crippen LogP contribution in [0, 0.1) is 34.5 Å². The lowest BCUT2D eigenvalue weighted by molar-refractivity contribution is -0.138. The maximum absolute atomic E-state index is 9.91. The highest BCUT2D eigenvalue weighted by Gasteiger charge is 2.03. The van der Waals surface area contributed by atoms with Crippen molar-refractivity contribution in [3.63, 3.8) is 0 Å². The molecule has 228 valence electrons. The molecule has 0 aliphatic carbocycles. The Kier molecular flexibility index (Phi) is 19.6. The average Bonchev–Trinajstić information content (AvgIpc) is 3.05. The zero-order chi connectivity index (χ0) is 32.4. The molecule has 0 saturated heterocycles. The smallest absolute Gasteiger partial charge is 0.303 e. The first-order chi connectivity index (χ1) is 21.2. The van der Waals surface area contributed by atoms with Gasteiger partial charge in [0.05, 0.1) is 12.1 Å². The standard InChI is InChI=1S/2C13H12.2C6H9NO2/c2*1-3-7-12(8-4-1)11-13-9-5-2-6-10-13;2*1-5(4-7)2-3-6(8)9/h2*1-10H,11H2;2*5H,2-3H2,1H3,(H,8,9). The lowest BCUT2D eigenvalue weighted by Crippen LogP contribution is -1.98. The fourth-order valence-electron chi connectivity index (χ4n) is 3.66. The Balaban J connectivity index is 0.000000299. The van der Waals surface area contributed by atoms with Gasteiger partial charge < -0.3 is 10.2 Å². The Hall–Kier alpha value is -5.20. The van der Waals surface area contributed by atoms with Gasteiger partial charge in [0.25, 0.3) is 0 Å². The van der Waals surface area contributed by atoms with Crippen LogP contribution in [-0.2, 0) is 22.4 Å². The van der Waals surface area contributed by atoms with Crippen molar-refractivity contribution >= 4 is 11.9 Å². The molecule has 0 radical (unpaired) electrons. The van der Waals surface area contributed by atoms with E-state index in [4.69, 9.17) is 20.7 Å². The van der Waals surface area contributed by atoms with E-state index < -0.39 is 11.9 Å². The van der Waals surface area contributed by atoms with Crippen LogP contribution in [0.15, 0.2) is 121 Å².